The Morgan fingerprint density at radius 2 is 0.969 bits per heavy atom. The molecule has 0 fully saturated rings. The molecule has 0 radical (unpaired) electrons. The van der Waals surface area contributed by atoms with E-state index in [0.29, 0.717) is 32.3 Å². The second-order valence-electron chi connectivity index (χ2n) is 7.64. The molecule has 0 N–H and O–H groups in total. The van der Waals surface area contributed by atoms with Crippen molar-refractivity contribution in [3.63, 3.8) is 0 Å². The maximum absolute atomic E-state index is 12.8. The normalized spacial score (nSPS) is 11.4. The van der Waals surface area contributed by atoms with Gasteiger partial charge in [0.25, 0.3) is 0 Å². The summed E-state index contributed by atoms with van der Waals surface area (Å²) in [5.74, 6) is 0. The highest BCUT2D eigenvalue weighted by Gasteiger charge is 2.18. The van der Waals surface area contributed by atoms with E-state index >= 15 is 0 Å². The minimum absolute atomic E-state index is 0.361. The number of halogens is 2. The van der Waals surface area contributed by atoms with Gasteiger partial charge in [0, 0.05) is 26.9 Å². The van der Waals surface area contributed by atoms with Gasteiger partial charge >= 0.3 is 11.3 Å². The van der Waals surface area contributed by atoms with Crippen LogP contribution >= 0.6 is 23.2 Å². The second-order valence-corrected chi connectivity index (χ2v) is 8.51. The van der Waals surface area contributed by atoms with Crippen molar-refractivity contribution in [2.75, 3.05) is 0 Å². The van der Waals surface area contributed by atoms with Crippen molar-refractivity contribution in [2.24, 2.45) is 0 Å². The van der Waals surface area contributed by atoms with Gasteiger partial charge in [-0.15, -0.1) is 0 Å². The van der Waals surface area contributed by atoms with Crippen LogP contribution < -0.4 is 11.3 Å². The van der Waals surface area contributed by atoms with Gasteiger partial charge < -0.3 is 8.83 Å². The molecule has 0 saturated heterocycles. The van der Waals surface area contributed by atoms with E-state index in [9.17, 15) is 9.59 Å². The average molecular weight is 463 g/mol. The molecule has 0 aliphatic heterocycles. The second kappa shape index (κ2) is 7.66. The third kappa shape index (κ3) is 3.32. The molecule has 0 aliphatic rings. The summed E-state index contributed by atoms with van der Waals surface area (Å²) >= 11 is 12.0. The maximum atomic E-state index is 12.8. The summed E-state index contributed by atoms with van der Waals surface area (Å²) in [5, 5.41) is 2.70. The van der Waals surface area contributed by atoms with Crippen LogP contribution in [0.1, 0.15) is 11.1 Å². The molecule has 5 aromatic rings. The molecule has 2 heterocycles. The van der Waals surface area contributed by atoms with Gasteiger partial charge in [-0.3, -0.25) is 0 Å². The first-order valence-corrected chi connectivity index (χ1v) is 10.7. The number of benzene rings is 3. The van der Waals surface area contributed by atoms with Crippen molar-refractivity contribution in [3.8, 4) is 22.3 Å². The molecule has 5 rings (SSSR count). The van der Waals surface area contributed by atoms with E-state index in [1.165, 1.54) is 0 Å². The highest BCUT2D eigenvalue weighted by Crippen LogP contribution is 2.33. The number of hydrogen-bond donors (Lipinski definition) is 0. The Balaban J connectivity index is 1.81. The minimum Gasteiger partial charge on any atom is -0.422 e. The Kier molecular flexibility index (Phi) is 4.92. The third-order valence-corrected chi connectivity index (χ3v) is 6.22. The van der Waals surface area contributed by atoms with E-state index in [0.717, 1.165) is 33.0 Å². The van der Waals surface area contributed by atoms with Gasteiger partial charge in [0.15, 0.2) is 0 Å². The Hall–Kier alpha value is -3.34. The molecule has 0 atom stereocenters. The zero-order chi connectivity index (χ0) is 22.6. The third-order valence-electron chi connectivity index (χ3n) is 5.72. The van der Waals surface area contributed by atoms with Gasteiger partial charge in [0.1, 0.15) is 11.2 Å². The van der Waals surface area contributed by atoms with Gasteiger partial charge in [-0.05, 0) is 66.4 Å². The quantitative estimate of drug-likeness (QED) is 0.206. The van der Waals surface area contributed by atoms with E-state index in [4.69, 9.17) is 32.0 Å². The number of hydrogen-bond acceptors (Lipinski definition) is 4. The lowest BCUT2D eigenvalue weighted by Crippen LogP contribution is -2.08. The van der Waals surface area contributed by atoms with Crippen LogP contribution in [0.5, 0.6) is 0 Å². The van der Waals surface area contributed by atoms with Crippen molar-refractivity contribution in [1.29, 1.82) is 0 Å². The van der Waals surface area contributed by atoms with Gasteiger partial charge in [0.05, 0.1) is 11.1 Å². The molecule has 6 heteroatoms. The van der Waals surface area contributed by atoms with Gasteiger partial charge in [-0.1, -0.05) is 47.5 Å². The summed E-state index contributed by atoms with van der Waals surface area (Å²) in [4.78, 5) is 25.5. The maximum Gasteiger partial charge on any atom is 0.344 e. The zero-order valence-corrected chi connectivity index (χ0v) is 18.7. The molecule has 0 unspecified atom stereocenters. The molecule has 0 bridgehead atoms. The largest absolute Gasteiger partial charge is 0.422 e. The fourth-order valence-corrected chi connectivity index (χ4v) is 4.35. The molecule has 32 heavy (non-hydrogen) atoms. The van der Waals surface area contributed by atoms with E-state index in [2.05, 4.69) is 0 Å². The zero-order valence-electron chi connectivity index (χ0n) is 17.2. The highest BCUT2D eigenvalue weighted by atomic mass is 35.5. The average Bonchev–Trinajstić information content (AvgIpc) is 2.75. The van der Waals surface area contributed by atoms with Crippen molar-refractivity contribution in [1.82, 2.24) is 0 Å². The Labute approximate surface area is 192 Å². The van der Waals surface area contributed by atoms with Crippen LogP contribution in [0.15, 0.2) is 79.1 Å². The first-order valence-electron chi connectivity index (χ1n) is 9.90. The Morgan fingerprint density at radius 1 is 0.594 bits per heavy atom. The van der Waals surface area contributed by atoms with Crippen molar-refractivity contribution < 1.29 is 8.83 Å². The van der Waals surface area contributed by atoms with Crippen LogP contribution in [0.4, 0.5) is 0 Å². The SMILES string of the molecule is Cc1c(-c2ccc(Cl)cc2)c(=O)oc2cc3oc(=O)c(-c4ccc(Cl)cc4)c(C)c3cc12. The summed E-state index contributed by atoms with van der Waals surface area (Å²) < 4.78 is 11.2. The summed E-state index contributed by atoms with van der Waals surface area (Å²) in [6.45, 7) is 3.76. The van der Waals surface area contributed by atoms with Gasteiger partial charge in [-0.25, -0.2) is 9.59 Å². The lowest BCUT2D eigenvalue weighted by atomic mass is 9.96. The number of fused-ring (bicyclic) bond motifs is 2. The van der Waals surface area contributed by atoms with Crippen LogP contribution in [0.2, 0.25) is 10.0 Å². The van der Waals surface area contributed by atoms with E-state index in [-0.39, 0.29) is 0 Å². The first-order chi connectivity index (χ1) is 15.3. The summed E-state index contributed by atoms with van der Waals surface area (Å²) in [6.07, 6.45) is 0. The fraction of sp³-hybridized carbons (Fsp3) is 0.0769. The Morgan fingerprint density at radius 3 is 1.34 bits per heavy atom. The molecule has 0 aliphatic carbocycles. The predicted octanol–water partition coefficient (Wildman–Crippen LogP) is 7.16. The standard InChI is InChI=1S/C26H16Cl2O4/c1-13-19-11-20-14(2)24(16-5-9-18(28)10-6-16)26(30)32-22(20)12-21(19)31-25(29)23(13)15-3-7-17(27)8-4-15/h3-12H,1-2H3. The molecule has 2 aromatic heterocycles. The van der Waals surface area contributed by atoms with Crippen molar-refractivity contribution >= 4 is 45.1 Å². The minimum atomic E-state index is -0.464. The molecule has 158 valence electrons. The van der Waals surface area contributed by atoms with E-state index in [1.807, 2.05) is 19.9 Å². The molecule has 0 saturated carbocycles. The van der Waals surface area contributed by atoms with Crippen LogP contribution in [0, 0.1) is 13.8 Å². The van der Waals surface area contributed by atoms with Crippen molar-refractivity contribution in [2.45, 2.75) is 13.8 Å². The predicted molar refractivity (Wildman–Crippen MR) is 129 cm³/mol. The van der Waals surface area contributed by atoms with Crippen LogP contribution in [-0.4, -0.2) is 0 Å². The van der Waals surface area contributed by atoms with Crippen LogP contribution in [0.3, 0.4) is 0 Å². The monoisotopic (exact) mass is 462 g/mol. The van der Waals surface area contributed by atoms with Crippen LogP contribution in [0.25, 0.3) is 44.2 Å². The summed E-state index contributed by atoms with van der Waals surface area (Å²) in [5.41, 5.74) is 3.74. The lowest BCUT2D eigenvalue weighted by Gasteiger charge is -2.12. The smallest absolute Gasteiger partial charge is 0.344 e. The molecule has 0 spiro atoms. The van der Waals surface area contributed by atoms with Crippen LogP contribution in [-0.2, 0) is 0 Å². The molecular formula is C26H16Cl2O4. The number of aryl methyl sites for hydroxylation is 2. The molecule has 4 nitrogen and oxygen atoms in total. The van der Waals surface area contributed by atoms with E-state index < -0.39 is 11.3 Å². The highest BCUT2D eigenvalue weighted by molar-refractivity contribution is 6.31. The fourth-order valence-electron chi connectivity index (χ4n) is 4.10. The molecule has 0 amide bonds. The van der Waals surface area contributed by atoms with Gasteiger partial charge in [-0.2, -0.15) is 0 Å². The lowest BCUT2D eigenvalue weighted by molar-refractivity contribution is 0.551. The first kappa shape index (κ1) is 20.6. The van der Waals surface area contributed by atoms with E-state index in [1.54, 1.807) is 54.6 Å². The summed E-state index contributed by atoms with van der Waals surface area (Å²) in [7, 11) is 0. The topological polar surface area (TPSA) is 60.4 Å². The summed E-state index contributed by atoms with van der Waals surface area (Å²) in [6, 6.07) is 17.6. The Bertz CT molecular complexity index is 1510. The van der Waals surface area contributed by atoms with Crippen molar-refractivity contribution in [3.05, 3.63) is 103 Å². The molecule has 3 aromatic carbocycles. The number of rotatable bonds is 2. The molecular weight excluding hydrogens is 447 g/mol. The van der Waals surface area contributed by atoms with Gasteiger partial charge in [0.2, 0.25) is 0 Å².